The maximum Gasteiger partial charge on any atom is 0.236 e. The first-order chi connectivity index (χ1) is 15.5. The van der Waals surface area contributed by atoms with Crippen LogP contribution in [0.15, 0.2) is 42.5 Å². The third-order valence-electron chi connectivity index (χ3n) is 6.69. The molecule has 2 saturated heterocycles. The van der Waals surface area contributed by atoms with E-state index in [9.17, 15) is 9.18 Å². The normalized spacial score (nSPS) is 21.7. The fourth-order valence-electron chi connectivity index (χ4n) is 4.91. The van der Waals surface area contributed by atoms with Gasteiger partial charge in [-0.15, -0.1) is 0 Å². The van der Waals surface area contributed by atoms with Gasteiger partial charge < -0.3 is 14.4 Å². The standard InChI is InChI=1S/C26H33FN2O3/c1-19-14-21(27)8-9-23(19)24-16-29(26(30)17-28-11-3-4-12-28)13-10-25(24)32-18-20-6-5-7-22(15-20)31-2/h5-9,14-15,24-25H,3-4,10-13,16-18H2,1-2H3. The van der Waals surface area contributed by atoms with Gasteiger partial charge in [0.2, 0.25) is 5.91 Å². The van der Waals surface area contributed by atoms with E-state index in [4.69, 9.17) is 9.47 Å². The zero-order valence-electron chi connectivity index (χ0n) is 19.1. The van der Waals surface area contributed by atoms with Gasteiger partial charge in [0, 0.05) is 19.0 Å². The molecule has 2 aromatic carbocycles. The average Bonchev–Trinajstić information content (AvgIpc) is 3.31. The number of carbonyl (C=O) groups excluding carboxylic acids is 1. The number of aryl methyl sites for hydroxylation is 1. The fourth-order valence-corrected chi connectivity index (χ4v) is 4.91. The van der Waals surface area contributed by atoms with Gasteiger partial charge in [0.15, 0.2) is 0 Å². The van der Waals surface area contributed by atoms with Crippen LogP contribution in [-0.4, -0.2) is 61.6 Å². The number of ether oxygens (including phenoxy) is 2. The molecule has 0 aromatic heterocycles. The predicted molar refractivity (Wildman–Crippen MR) is 122 cm³/mol. The summed E-state index contributed by atoms with van der Waals surface area (Å²) in [6.07, 6.45) is 3.06. The highest BCUT2D eigenvalue weighted by atomic mass is 19.1. The Morgan fingerprint density at radius 2 is 1.94 bits per heavy atom. The van der Waals surface area contributed by atoms with Gasteiger partial charge >= 0.3 is 0 Å². The lowest BCUT2D eigenvalue weighted by atomic mass is 9.85. The Hall–Kier alpha value is -2.44. The number of piperidine rings is 1. The molecule has 2 aromatic rings. The van der Waals surface area contributed by atoms with Crippen molar-refractivity contribution in [2.75, 3.05) is 39.8 Å². The van der Waals surface area contributed by atoms with Crippen molar-refractivity contribution in [1.82, 2.24) is 9.80 Å². The zero-order chi connectivity index (χ0) is 22.5. The SMILES string of the molecule is COc1cccc(COC2CCN(C(=O)CN3CCCC3)CC2c2ccc(F)cc2C)c1. The minimum Gasteiger partial charge on any atom is -0.497 e. The molecule has 6 heteroatoms. The Morgan fingerprint density at radius 1 is 1.12 bits per heavy atom. The first kappa shape index (κ1) is 22.7. The van der Waals surface area contributed by atoms with Crippen molar-refractivity contribution >= 4 is 5.91 Å². The summed E-state index contributed by atoms with van der Waals surface area (Å²) in [5.41, 5.74) is 3.01. The summed E-state index contributed by atoms with van der Waals surface area (Å²) in [4.78, 5) is 17.2. The van der Waals surface area contributed by atoms with Crippen LogP contribution >= 0.6 is 0 Å². The van der Waals surface area contributed by atoms with Gasteiger partial charge in [-0.1, -0.05) is 18.2 Å². The fraction of sp³-hybridized carbons (Fsp3) is 0.500. The van der Waals surface area contributed by atoms with Gasteiger partial charge in [-0.25, -0.2) is 4.39 Å². The van der Waals surface area contributed by atoms with Gasteiger partial charge in [0.25, 0.3) is 0 Å². The molecule has 2 aliphatic heterocycles. The molecule has 5 nitrogen and oxygen atoms in total. The predicted octanol–water partition coefficient (Wildman–Crippen LogP) is 4.14. The van der Waals surface area contributed by atoms with Crippen LogP contribution in [0.3, 0.4) is 0 Å². The molecule has 0 radical (unpaired) electrons. The molecule has 2 atom stereocenters. The Bertz CT molecular complexity index is 929. The second-order valence-electron chi connectivity index (χ2n) is 8.92. The van der Waals surface area contributed by atoms with E-state index in [0.29, 0.717) is 26.2 Å². The first-order valence-corrected chi connectivity index (χ1v) is 11.5. The maximum atomic E-state index is 13.8. The molecule has 0 saturated carbocycles. The summed E-state index contributed by atoms with van der Waals surface area (Å²) in [6.45, 7) is 6.19. The van der Waals surface area contributed by atoms with E-state index in [1.807, 2.05) is 42.2 Å². The Labute approximate surface area is 190 Å². The number of methoxy groups -OCH3 is 1. The van der Waals surface area contributed by atoms with E-state index in [0.717, 1.165) is 42.0 Å². The number of nitrogens with zero attached hydrogens (tertiary/aromatic N) is 2. The third kappa shape index (κ3) is 5.48. The monoisotopic (exact) mass is 440 g/mol. The van der Waals surface area contributed by atoms with Gasteiger partial charge in [0.1, 0.15) is 11.6 Å². The molecule has 1 amide bonds. The van der Waals surface area contributed by atoms with Crippen molar-refractivity contribution in [3.63, 3.8) is 0 Å². The van der Waals surface area contributed by atoms with Crippen molar-refractivity contribution in [3.8, 4) is 5.75 Å². The van der Waals surface area contributed by atoms with Crippen LogP contribution in [0.4, 0.5) is 4.39 Å². The zero-order valence-corrected chi connectivity index (χ0v) is 19.1. The number of amides is 1. The van der Waals surface area contributed by atoms with Crippen molar-refractivity contribution < 1.29 is 18.7 Å². The summed E-state index contributed by atoms with van der Waals surface area (Å²) in [7, 11) is 1.65. The first-order valence-electron chi connectivity index (χ1n) is 11.5. The largest absolute Gasteiger partial charge is 0.497 e. The Morgan fingerprint density at radius 3 is 2.69 bits per heavy atom. The average molecular weight is 441 g/mol. The summed E-state index contributed by atoms with van der Waals surface area (Å²) in [6, 6.07) is 12.8. The Balaban J connectivity index is 1.49. The van der Waals surface area contributed by atoms with E-state index >= 15 is 0 Å². The molecule has 172 valence electrons. The molecule has 0 spiro atoms. The minimum atomic E-state index is -0.238. The molecule has 0 aliphatic carbocycles. The lowest BCUT2D eigenvalue weighted by Crippen LogP contribution is -2.48. The van der Waals surface area contributed by atoms with Crippen LogP contribution in [0, 0.1) is 12.7 Å². The third-order valence-corrected chi connectivity index (χ3v) is 6.69. The van der Waals surface area contributed by atoms with Crippen molar-refractivity contribution in [2.24, 2.45) is 0 Å². The highest BCUT2D eigenvalue weighted by molar-refractivity contribution is 5.78. The summed E-state index contributed by atoms with van der Waals surface area (Å²) >= 11 is 0. The number of rotatable bonds is 7. The van der Waals surface area contributed by atoms with E-state index in [1.165, 1.54) is 18.9 Å². The van der Waals surface area contributed by atoms with Gasteiger partial charge in [-0.3, -0.25) is 9.69 Å². The Kier molecular flexibility index (Phi) is 7.43. The van der Waals surface area contributed by atoms with Crippen LogP contribution in [0.5, 0.6) is 5.75 Å². The van der Waals surface area contributed by atoms with Crippen molar-refractivity contribution in [2.45, 2.75) is 44.8 Å². The number of hydrogen-bond donors (Lipinski definition) is 0. The molecule has 32 heavy (non-hydrogen) atoms. The van der Waals surface area contributed by atoms with Gasteiger partial charge in [0.05, 0.1) is 26.4 Å². The number of carbonyl (C=O) groups is 1. The molecular weight excluding hydrogens is 407 g/mol. The summed E-state index contributed by atoms with van der Waals surface area (Å²) < 4.78 is 25.5. The van der Waals surface area contributed by atoms with Crippen LogP contribution in [0.2, 0.25) is 0 Å². The molecule has 4 rings (SSSR count). The number of hydrogen-bond acceptors (Lipinski definition) is 4. The summed E-state index contributed by atoms with van der Waals surface area (Å²) in [5, 5.41) is 0. The van der Waals surface area contributed by atoms with Crippen LogP contribution in [0.25, 0.3) is 0 Å². The van der Waals surface area contributed by atoms with Crippen LogP contribution in [-0.2, 0) is 16.1 Å². The number of halogens is 1. The minimum absolute atomic E-state index is 0.0116. The smallest absolute Gasteiger partial charge is 0.236 e. The lowest BCUT2D eigenvalue weighted by molar-refractivity contribution is -0.135. The van der Waals surface area contributed by atoms with E-state index in [-0.39, 0.29) is 23.7 Å². The molecule has 0 bridgehead atoms. The van der Waals surface area contributed by atoms with Crippen LogP contribution in [0.1, 0.15) is 41.9 Å². The second-order valence-corrected chi connectivity index (χ2v) is 8.92. The van der Waals surface area contributed by atoms with Crippen LogP contribution < -0.4 is 4.74 Å². The molecule has 2 fully saturated rings. The quantitative estimate of drug-likeness (QED) is 0.649. The van der Waals surface area contributed by atoms with E-state index < -0.39 is 0 Å². The molecule has 2 heterocycles. The highest BCUT2D eigenvalue weighted by Crippen LogP contribution is 2.33. The number of likely N-dealkylation sites (tertiary alicyclic amines) is 2. The van der Waals surface area contributed by atoms with E-state index in [1.54, 1.807) is 13.2 Å². The molecule has 2 unspecified atom stereocenters. The summed E-state index contributed by atoms with van der Waals surface area (Å²) in [5.74, 6) is 0.762. The van der Waals surface area contributed by atoms with Gasteiger partial charge in [-0.2, -0.15) is 0 Å². The lowest BCUT2D eigenvalue weighted by Gasteiger charge is -2.40. The van der Waals surface area contributed by atoms with Gasteiger partial charge in [-0.05, 0) is 80.2 Å². The molecule has 2 aliphatic rings. The van der Waals surface area contributed by atoms with E-state index in [2.05, 4.69) is 4.90 Å². The molecular formula is C26H33FN2O3. The molecule has 0 N–H and O–H groups in total. The topological polar surface area (TPSA) is 42.0 Å². The van der Waals surface area contributed by atoms with Crippen molar-refractivity contribution in [3.05, 3.63) is 65.0 Å². The number of benzene rings is 2. The highest BCUT2D eigenvalue weighted by Gasteiger charge is 2.34. The maximum absolute atomic E-state index is 13.8. The second kappa shape index (κ2) is 10.5. The van der Waals surface area contributed by atoms with Crippen molar-refractivity contribution in [1.29, 1.82) is 0 Å².